The second-order valence-corrected chi connectivity index (χ2v) is 8.31. The molecule has 2 aromatic rings. The summed E-state index contributed by atoms with van der Waals surface area (Å²) in [6.07, 6.45) is 4.41. The molecule has 0 aliphatic rings. The summed E-state index contributed by atoms with van der Waals surface area (Å²) in [4.78, 5) is 15.4. The van der Waals surface area contributed by atoms with E-state index in [9.17, 15) is 13.2 Å². The number of carbonyl (C=O) groups excluding carboxylic acids is 1. The average molecular weight is 439 g/mol. The number of hydrogen-bond acceptors (Lipinski definition) is 5. The Hall–Kier alpha value is -2.59. The van der Waals surface area contributed by atoms with Crippen LogP contribution in [0.3, 0.4) is 0 Å². The number of thiocarbonyl (C=S) groups is 1. The minimum atomic E-state index is -3.96. The van der Waals surface area contributed by atoms with Gasteiger partial charge in [0.05, 0.1) is 19.1 Å². The number of ether oxygens (including phenoxy) is 1. The van der Waals surface area contributed by atoms with Crippen molar-refractivity contribution in [2.75, 3.05) is 13.7 Å². The zero-order chi connectivity index (χ0) is 21.4. The zero-order valence-corrected chi connectivity index (χ0v) is 18.2. The second-order valence-electron chi connectivity index (χ2n) is 6.25. The Morgan fingerprint density at radius 3 is 2.62 bits per heavy atom. The van der Waals surface area contributed by atoms with Crippen LogP contribution in [0.4, 0.5) is 0 Å². The summed E-state index contributed by atoms with van der Waals surface area (Å²) < 4.78 is 33.1. The number of benzene rings is 1. The molecule has 29 heavy (non-hydrogen) atoms. The van der Waals surface area contributed by atoms with Crippen LogP contribution < -0.4 is 20.1 Å². The first-order valence-electron chi connectivity index (χ1n) is 9.23. The number of sulfonamides is 1. The van der Waals surface area contributed by atoms with E-state index >= 15 is 0 Å². The topological polar surface area (TPSA) is 112 Å². The molecule has 1 unspecified atom stereocenters. The van der Waals surface area contributed by atoms with E-state index in [-0.39, 0.29) is 34.1 Å². The van der Waals surface area contributed by atoms with E-state index < -0.39 is 10.0 Å². The molecule has 8 nitrogen and oxygen atoms in total. The van der Waals surface area contributed by atoms with Gasteiger partial charge in [-0.25, -0.2) is 8.42 Å². The summed E-state index contributed by atoms with van der Waals surface area (Å²) in [5.74, 6) is -0.00826. The first-order valence-corrected chi connectivity index (χ1v) is 11.1. The van der Waals surface area contributed by atoms with Crippen LogP contribution in [0.15, 0.2) is 41.6 Å². The van der Waals surface area contributed by atoms with Gasteiger partial charge in [0.1, 0.15) is 10.6 Å². The summed E-state index contributed by atoms with van der Waals surface area (Å²) in [6.45, 7) is 4.04. The van der Waals surface area contributed by atoms with Crippen molar-refractivity contribution in [2.24, 2.45) is 0 Å². The van der Waals surface area contributed by atoms with Gasteiger partial charge in [0, 0.05) is 19.4 Å². The van der Waals surface area contributed by atoms with Crippen LogP contribution in [-0.2, 0) is 21.2 Å². The Morgan fingerprint density at radius 1 is 1.28 bits per heavy atom. The molecule has 0 bridgehead atoms. The monoisotopic (exact) mass is 438 g/mol. The standard InChI is InChI=1S/C19H26N4O4S2/c1-4-15(14-8-9-21-12-14)22-18(24)11-13-6-7-16(27-5-2)17(10-13)29(25,26)23-19(28)20-3/h6-10,12,15,21H,4-5,11H2,1-3H3,(H,22,24)(H2,20,23,28). The van der Waals surface area contributed by atoms with Gasteiger partial charge in [0.15, 0.2) is 5.11 Å². The molecule has 0 spiro atoms. The van der Waals surface area contributed by atoms with Crippen molar-refractivity contribution in [1.29, 1.82) is 0 Å². The van der Waals surface area contributed by atoms with Crippen molar-refractivity contribution < 1.29 is 17.9 Å². The molecule has 158 valence electrons. The molecule has 1 heterocycles. The van der Waals surface area contributed by atoms with Crippen LogP contribution in [0.25, 0.3) is 0 Å². The molecular weight excluding hydrogens is 412 g/mol. The van der Waals surface area contributed by atoms with Crippen LogP contribution in [0.5, 0.6) is 5.75 Å². The van der Waals surface area contributed by atoms with E-state index in [1.54, 1.807) is 25.3 Å². The smallest absolute Gasteiger partial charge is 0.267 e. The third kappa shape index (κ3) is 6.20. The Kier molecular flexibility index (Phi) is 8.03. The van der Waals surface area contributed by atoms with Gasteiger partial charge in [-0.1, -0.05) is 13.0 Å². The minimum Gasteiger partial charge on any atom is -0.492 e. The van der Waals surface area contributed by atoms with Gasteiger partial charge in [0.2, 0.25) is 5.91 Å². The maximum atomic E-state index is 12.7. The lowest BCUT2D eigenvalue weighted by molar-refractivity contribution is -0.121. The van der Waals surface area contributed by atoms with Crippen LogP contribution in [0.1, 0.15) is 37.4 Å². The highest BCUT2D eigenvalue weighted by molar-refractivity contribution is 7.92. The van der Waals surface area contributed by atoms with Gasteiger partial charge < -0.3 is 20.4 Å². The van der Waals surface area contributed by atoms with Crippen molar-refractivity contribution in [1.82, 2.24) is 20.3 Å². The summed E-state index contributed by atoms with van der Waals surface area (Å²) in [6, 6.07) is 6.45. The van der Waals surface area contributed by atoms with E-state index in [2.05, 4.69) is 20.3 Å². The third-order valence-electron chi connectivity index (χ3n) is 4.18. The van der Waals surface area contributed by atoms with E-state index in [0.717, 1.165) is 12.0 Å². The van der Waals surface area contributed by atoms with E-state index in [1.807, 2.05) is 19.2 Å². The summed E-state index contributed by atoms with van der Waals surface area (Å²) in [5, 5.41) is 5.50. The number of hydrogen-bond donors (Lipinski definition) is 4. The normalized spacial score (nSPS) is 12.1. The molecular formula is C19H26N4O4S2. The second kappa shape index (κ2) is 10.3. The molecule has 1 atom stereocenters. The number of aromatic amines is 1. The average Bonchev–Trinajstić information content (AvgIpc) is 3.21. The Balaban J connectivity index is 2.23. The zero-order valence-electron chi connectivity index (χ0n) is 16.6. The predicted molar refractivity (Wildman–Crippen MR) is 115 cm³/mol. The lowest BCUT2D eigenvalue weighted by atomic mass is 10.1. The van der Waals surface area contributed by atoms with Gasteiger partial charge >= 0.3 is 0 Å². The summed E-state index contributed by atoms with van der Waals surface area (Å²) in [7, 11) is -2.44. The molecule has 4 N–H and O–H groups in total. The van der Waals surface area contributed by atoms with Crippen molar-refractivity contribution in [3.05, 3.63) is 47.8 Å². The molecule has 0 fully saturated rings. The molecule has 1 aromatic heterocycles. The fraction of sp³-hybridized carbons (Fsp3) is 0.368. The molecule has 0 saturated heterocycles. The number of aromatic nitrogens is 1. The fourth-order valence-electron chi connectivity index (χ4n) is 2.78. The van der Waals surface area contributed by atoms with E-state index in [0.29, 0.717) is 12.2 Å². The number of nitrogens with one attached hydrogen (secondary N) is 4. The Bertz CT molecular complexity index is 943. The van der Waals surface area contributed by atoms with Gasteiger partial charge in [-0.2, -0.15) is 0 Å². The Labute approximate surface area is 176 Å². The SMILES string of the molecule is CCOc1ccc(CC(=O)NC(CC)c2cc[nH]c2)cc1S(=O)(=O)NC(=S)NC. The highest BCUT2D eigenvalue weighted by Crippen LogP contribution is 2.26. The summed E-state index contributed by atoms with van der Waals surface area (Å²) in [5.41, 5.74) is 1.53. The van der Waals surface area contributed by atoms with E-state index in [4.69, 9.17) is 17.0 Å². The van der Waals surface area contributed by atoms with Crippen LogP contribution in [0.2, 0.25) is 0 Å². The maximum Gasteiger partial charge on any atom is 0.267 e. The first-order chi connectivity index (χ1) is 13.8. The largest absolute Gasteiger partial charge is 0.492 e. The van der Waals surface area contributed by atoms with Gasteiger partial charge in [0.25, 0.3) is 10.0 Å². The molecule has 0 saturated carbocycles. The van der Waals surface area contributed by atoms with Gasteiger partial charge in [-0.05, 0) is 54.9 Å². The predicted octanol–water partition coefficient (Wildman–Crippen LogP) is 2.01. The summed E-state index contributed by atoms with van der Waals surface area (Å²) >= 11 is 4.90. The van der Waals surface area contributed by atoms with Crippen molar-refractivity contribution in [2.45, 2.75) is 37.6 Å². The maximum absolute atomic E-state index is 12.7. The first kappa shape index (κ1) is 22.7. The number of carbonyl (C=O) groups is 1. The van der Waals surface area contributed by atoms with Gasteiger partial charge in [-0.3, -0.25) is 9.52 Å². The molecule has 10 heteroatoms. The fourth-order valence-corrected chi connectivity index (χ4v) is 4.26. The number of rotatable bonds is 9. The third-order valence-corrected chi connectivity index (χ3v) is 5.99. The molecule has 1 amide bonds. The van der Waals surface area contributed by atoms with Crippen LogP contribution in [0, 0.1) is 0 Å². The number of amides is 1. The van der Waals surface area contributed by atoms with E-state index in [1.165, 1.54) is 13.1 Å². The van der Waals surface area contributed by atoms with Crippen molar-refractivity contribution >= 4 is 33.3 Å². The molecule has 1 aromatic carbocycles. The van der Waals surface area contributed by atoms with Crippen molar-refractivity contribution in [3.8, 4) is 5.75 Å². The lowest BCUT2D eigenvalue weighted by Crippen LogP contribution is -2.37. The molecule has 0 aliphatic carbocycles. The van der Waals surface area contributed by atoms with Crippen molar-refractivity contribution in [3.63, 3.8) is 0 Å². The molecule has 2 rings (SSSR count). The highest BCUT2D eigenvalue weighted by Gasteiger charge is 2.22. The minimum absolute atomic E-state index is 0.0340. The quantitative estimate of drug-likeness (QED) is 0.446. The Morgan fingerprint density at radius 2 is 2.03 bits per heavy atom. The lowest BCUT2D eigenvalue weighted by Gasteiger charge is -2.17. The van der Waals surface area contributed by atoms with Crippen LogP contribution >= 0.6 is 12.2 Å². The van der Waals surface area contributed by atoms with Gasteiger partial charge in [-0.15, -0.1) is 0 Å². The highest BCUT2D eigenvalue weighted by atomic mass is 32.2. The molecule has 0 aliphatic heterocycles. The molecule has 0 radical (unpaired) electrons. The van der Waals surface area contributed by atoms with Crippen LogP contribution in [-0.4, -0.2) is 38.1 Å². The number of H-pyrrole nitrogens is 1.